The van der Waals surface area contributed by atoms with Gasteiger partial charge in [0.1, 0.15) is 5.60 Å². The standard InChI is InChI=1S/C14H21N3O4/c1-13(2)6-17(7-14(21-13)3-4-20-8-14)12(19)11(18)10-5-15-9-16-10/h5,9,11,18H,3-4,6-8H2,1-2H3,(H,15,16). The largest absolute Gasteiger partial charge is 0.378 e. The molecule has 0 radical (unpaired) electrons. The van der Waals surface area contributed by atoms with E-state index in [1.807, 2.05) is 13.8 Å². The van der Waals surface area contributed by atoms with Crippen LogP contribution in [0.25, 0.3) is 0 Å². The number of aliphatic hydroxyl groups excluding tert-OH is 1. The third kappa shape index (κ3) is 2.81. The summed E-state index contributed by atoms with van der Waals surface area (Å²) in [6, 6.07) is 0. The summed E-state index contributed by atoms with van der Waals surface area (Å²) in [5.41, 5.74) is -0.513. The summed E-state index contributed by atoms with van der Waals surface area (Å²) in [6.45, 7) is 5.92. The Kier molecular flexibility index (Phi) is 3.51. The van der Waals surface area contributed by atoms with E-state index in [0.717, 1.165) is 6.42 Å². The van der Waals surface area contributed by atoms with Gasteiger partial charge in [-0.05, 0) is 13.8 Å². The van der Waals surface area contributed by atoms with E-state index in [0.29, 0.717) is 32.0 Å². The number of amides is 1. The lowest BCUT2D eigenvalue weighted by Gasteiger charge is -2.48. The van der Waals surface area contributed by atoms with Gasteiger partial charge >= 0.3 is 0 Å². The lowest BCUT2D eigenvalue weighted by Crippen LogP contribution is -2.62. The quantitative estimate of drug-likeness (QED) is 0.816. The van der Waals surface area contributed by atoms with E-state index in [4.69, 9.17) is 9.47 Å². The molecule has 2 aliphatic heterocycles. The van der Waals surface area contributed by atoms with E-state index in [9.17, 15) is 9.90 Å². The van der Waals surface area contributed by atoms with Crippen LogP contribution in [-0.4, -0.2) is 63.4 Å². The second-order valence-corrected chi connectivity index (χ2v) is 6.45. The Morgan fingerprint density at radius 1 is 1.52 bits per heavy atom. The van der Waals surface area contributed by atoms with Crippen molar-refractivity contribution in [3.05, 3.63) is 18.2 Å². The Balaban J connectivity index is 1.79. The van der Waals surface area contributed by atoms with Crippen molar-refractivity contribution in [3.8, 4) is 0 Å². The van der Waals surface area contributed by atoms with Gasteiger partial charge in [-0.25, -0.2) is 4.98 Å². The van der Waals surface area contributed by atoms with Crippen LogP contribution >= 0.6 is 0 Å². The Morgan fingerprint density at radius 2 is 2.33 bits per heavy atom. The number of imidazole rings is 1. The second kappa shape index (κ2) is 5.08. The Labute approximate surface area is 123 Å². The van der Waals surface area contributed by atoms with Gasteiger partial charge in [-0.3, -0.25) is 4.79 Å². The fraction of sp³-hybridized carbons (Fsp3) is 0.714. The van der Waals surface area contributed by atoms with E-state index in [1.54, 1.807) is 4.90 Å². The third-order valence-corrected chi connectivity index (χ3v) is 3.97. The number of carbonyl (C=O) groups is 1. The highest BCUT2D eigenvalue weighted by Gasteiger charge is 2.48. The smallest absolute Gasteiger partial charge is 0.257 e. The highest BCUT2D eigenvalue weighted by Crippen LogP contribution is 2.35. The van der Waals surface area contributed by atoms with Crippen LogP contribution in [0.4, 0.5) is 0 Å². The van der Waals surface area contributed by atoms with Crippen LogP contribution in [0, 0.1) is 0 Å². The van der Waals surface area contributed by atoms with Crippen LogP contribution in [-0.2, 0) is 14.3 Å². The highest BCUT2D eigenvalue weighted by molar-refractivity contribution is 5.81. The van der Waals surface area contributed by atoms with Crippen molar-refractivity contribution in [2.45, 2.75) is 37.6 Å². The van der Waals surface area contributed by atoms with Crippen molar-refractivity contribution in [1.29, 1.82) is 0 Å². The number of hydrogen-bond acceptors (Lipinski definition) is 5. The van der Waals surface area contributed by atoms with Gasteiger partial charge in [0.05, 0.1) is 37.0 Å². The molecule has 1 aromatic heterocycles. The van der Waals surface area contributed by atoms with Crippen molar-refractivity contribution in [2.75, 3.05) is 26.3 Å². The molecule has 1 amide bonds. The molecule has 3 rings (SSSR count). The molecule has 116 valence electrons. The number of carbonyl (C=O) groups excluding carboxylic acids is 1. The molecule has 2 N–H and O–H groups in total. The van der Waals surface area contributed by atoms with Crippen molar-refractivity contribution < 1.29 is 19.4 Å². The summed E-state index contributed by atoms with van der Waals surface area (Å²) in [4.78, 5) is 20.8. The predicted molar refractivity (Wildman–Crippen MR) is 73.5 cm³/mol. The van der Waals surface area contributed by atoms with Crippen LogP contribution in [0.3, 0.4) is 0 Å². The van der Waals surface area contributed by atoms with Crippen molar-refractivity contribution in [2.24, 2.45) is 0 Å². The predicted octanol–water partition coefficient (Wildman–Crippen LogP) is 0.240. The minimum absolute atomic E-state index is 0.332. The molecular weight excluding hydrogens is 274 g/mol. The Hall–Kier alpha value is -1.44. The first-order valence-electron chi connectivity index (χ1n) is 7.14. The molecule has 2 fully saturated rings. The van der Waals surface area contributed by atoms with E-state index < -0.39 is 17.3 Å². The lowest BCUT2D eigenvalue weighted by molar-refractivity contribution is -0.202. The van der Waals surface area contributed by atoms with Gasteiger partial charge in [0, 0.05) is 19.6 Å². The van der Waals surface area contributed by atoms with E-state index in [-0.39, 0.29) is 5.91 Å². The van der Waals surface area contributed by atoms with Gasteiger partial charge in [0.25, 0.3) is 5.91 Å². The molecule has 2 atom stereocenters. The summed E-state index contributed by atoms with van der Waals surface area (Å²) < 4.78 is 11.6. The molecule has 2 saturated heterocycles. The summed E-state index contributed by atoms with van der Waals surface area (Å²) >= 11 is 0. The summed E-state index contributed by atoms with van der Waals surface area (Å²) in [5, 5.41) is 10.2. The van der Waals surface area contributed by atoms with Gasteiger partial charge in [-0.1, -0.05) is 0 Å². The zero-order valence-corrected chi connectivity index (χ0v) is 12.3. The van der Waals surface area contributed by atoms with Crippen LogP contribution < -0.4 is 0 Å². The normalized spacial score (nSPS) is 29.8. The van der Waals surface area contributed by atoms with Crippen molar-refractivity contribution in [1.82, 2.24) is 14.9 Å². The van der Waals surface area contributed by atoms with Gasteiger partial charge in [0.15, 0.2) is 6.10 Å². The molecule has 0 aromatic carbocycles. The van der Waals surface area contributed by atoms with E-state index in [1.165, 1.54) is 12.5 Å². The number of aromatic amines is 1. The molecule has 1 spiro atoms. The average molecular weight is 295 g/mol. The number of nitrogens with one attached hydrogen (secondary N) is 1. The molecule has 0 bridgehead atoms. The number of morpholine rings is 1. The minimum Gasteiger partial charge on any atom is -0.378 e. The van der Waals surface area contributed by atoms with Gasteiger partial charge < -0.3 is 24.5 Å². The third-order valence-electron chi connectivity index (χ3n) is 3.97. The molecule has 1 aromatic rings. The molecule has 3 heterocycles. The lowest BCUT2D eigenvalue weighted by atomic mass is 9.94. The number of nitrogens with zero attached hydrogens (tertiary/aromatic N) is 2. The van der Waals surface area contributed by atoms with Crippen molar-refractivity contribution >= 4 is 5.91 Å². The molecule has 2 unspecified atom stereocenters. The summed E-state index contributed by atoms with van der Waals surface area (Å²) in [6.07, 6.45) is 2.45. The first kappa shape index (κ1) is 14.5. The minimum atomic E-state index is -1.22. The molecule has 21 heavy (non-hydrogen) atoms. The number of H-pyrrole nitrogens is 1. The maximum Gasteiger partial charge on any atom is 0.257 e. The summed E-state index contributed by atoms with van der Waals surface area (Å²) in [7, 11) is 0. The number of rotatable bonds is 2. The van der Waals surface area contributed by atoms with Crippen LogP contribution in [0.2, 0.25) is 0 Å². The van der Waals surface area contributed by atoms with E-state index in [2.05, 4.69) is 9.97 Å². The van der Waals surface area contributed by atoms with Gasteiger partial charge in [-0.2, -0.15) is 0 Å². The van der Waals surface area contributed by atoms with Gasteiger partial charge in [0.2, 0.25) is 0 Å². The first-order chi connectivity index (χ1) is 9.91. The molecule has 0 saturated carbocycles. The molecule has 7 nitrogen and oxygen atoms in total. The SMILES string of the molecule is CC1(C)CN(C(=O)C(O)c2cnc[nH]2)CC2(CCOC2)O1. The average Bonchev–Trinajstić information content (AvgIpc) is 3.07. The first-order valence-corrected chi connectivity index (χ1v) is 7.14. The zero-order valence-electron chi connectivity index (χ0n) is 12.3. The van der Waals surface area contributed by atoms with Crippen LogP contribution in [0.1, 0.15) is 32.1 Å². The number of hydrogen-bond donors (Lipinski definition) is 2. The zero-order chi connectivity index (χ0) is 15.1. The van der Waals surface area contributed by atoms with Crippen molar-refractivity contribution in [3.63, 3.8) is 0 Å². The van der Waals surface area contributed by atoms with E-state index >= 15 is 0 Å². The molecular formula is C14H21N3O4. The number of aromatic nitrogens is 2. The fourth-order valence-corrected chi connectivity index (χ4v) is 3.19. The highest BCUT2D eigenvalue weighted by atomic mass is 16.6. The van der Waals surface area contributed by atoms with Gasteiger partial charge in [-0.15, -0.1) is 0 Å². The molecule has 2 aliphatic rings. The molecule has 0 aliphatic carbocycles. The monoisotopic (exact) mass is 295 g/mol. The fourth-order valence-electron chi connectivity index (χ4n) is 3.19. The maximum absolute atomic E-state index is 12.6. The maximum atomic E-state index is 12.6. The second-order valence-electron chi connectivity index (χ2n) is 6.45. The number of ether oxygens (including phenoxy) is 2. The Morgan fingerprint density at radius 3 is 2.95 bits per heavy atom. The molecule has 7 heteroatoms. The number of aliphatic hydroxyl groups is 1. The van der Waals surface area contributed by atoms with Crippen LogP contribution in [0.15, 0.2) is 12.5 Å². The summed E-state index contributed by atoms with van der Waals surface area (Å²) in [5.74, 6) is -0.332. The van der Waals surface area contributed by atoms with Crippen LogP contribution in [0.5, 0.6) is 0 Å². The Bertz CT molecular complexity index is 508. The topological polar surface area (TPSA) is 87.7 Å².